The zero-order chi connectivity index (χ0) is 17.4. The maximum absolute atomic E-state index is 12.0. The molecule has 0 atom stereocenters. The largest absolute Gasteiger partial charge is 0.356 e. The van der Waals surface area contributed by atoms with E-state index in [9.17, 15) is 4.79 Å². The van der Waals surface area contributed by atoms with Gasteiger partial charge < -0.3 is 15.5 Å². The van der Waals surface area contributed by atoms with Gasteiger partial charge in [-0.25, -0.2) is 0 Å². The molecule has 0 heterocycles. The topological polar surface area (TPSA) is 56.7 Å². The Labute approximate surface area is 168 Å². The second kappa shape index (κ2) is 11.3. The van der Waals surface area contributed by atoms with E-state index in [1.807, 2.05) is 7.05 Å². The molecule has 5 nitrogen and oxygen atoms in total. The summed E-state index contributed by atoms with van der Waals surface area (Å²) >= 11 is 0. The molecule has 0 bridgehead atoms. The number of halogens is 1. The van der Waals surface area contributed by atoms with Crippen molar-refractivity contribution in [2.45, 2.75) is 51.6 Å². The van der Waals surface area contributed by atoms with E-state index in [4.69, 9.17) is 0 Å². The molecule has 0 saturated heterocycles. The van der Waals surface area contributed by atoms with Crippen LogP contribution in [0.25, 0.3) is 0 Å². The van der Waals surface area contributed by atoms with Crippen molar-refractivity contribution in [3.63, 3.8) is 0 Å². The fourth-order valence-electron chi connectivity index (χ4n) is 3.08. The quantitative estimate of drug-likeness (QED) is 0.392. The van der Waals surface area contributed by atoms with Crippen LogP contribution in [0.2, 0.25) is 0 Å². The smallest absolute Gasteiger partial charge is 0.221 e. The van der Waals surface area contributed by atoms with Crippen LogP contribution in [-0.2, 0) is 11.3 Å². The number of rotatable bonds is 6. The number of hydrogen-bond acceptors (Lipinski definition) is 2. The van der Waals surface area contributed by atoms with E-state index in [1.54, 1.807) is 7.05 Å². The van der Waals surface area contributed by atoms with Gasteiger partial charge in [0, 0.05) is 39.6 Å². The lowest BCUT2D eigenvalue weighted by Crippen LogP contribution is -2.41. The monoisotopic (exact) mass is 458 g/mol. The predicted octanol–water partition coefficient (Wildman–Crippen LogP) is 3.07. The van der Waals surface area contributed by atoms with Crippen molar-refractivity contribution >= 4 is 35.8 Å². The molecular formula is C19H31IN4O. The number of guanidine groups is 1. The first-order valence-corrected chi connectivity index (χ1v) is 8.85. The number of carbonyl (C=O) groups is 1. The van der Waals surface area contributed by atoms with E-state index in [1.165, 1.54) is 24.0 Å². The maximum atomic E-state index is 12.0. The third kappa shape index (κ3) is 7.63. The third-order valence-corrected chi connectivity index (χ3v) is 4.47. The molecule has 0 radical (unpaired) electrons. The standard InChI is InChI=1S/C19H30N4O.HI/c1-15-8-10-16(11-9-15)14-23(3)19(20-2)21-13-12-18(24)22-17-6-4-5-7-17;/h8-11,17H,4-7,12-14H2,1-3H3,(H,20,21)(H,22,24);1H. The summed E-state index contributed by atoms with van der Waals surface area (Å²) in [6.07, 6.45) is 5.20. The molecule has 6 heteroatoms. The Morgan fingerprint density at radius 2 is 1.88 bits per heavy atom. The van der Waals surface area contributed by atoms with Crippen LogP contribution in [0.5, 0.6) is 0 Å². The molecule has 2 rings (SSSR count). The van der Waals surface area contributed by atoms with Crippen molar-refractivity contribution in [2.24, 2.45) is 4.99 Å². The van der Waals surface area contributed by atoms with Gasteiger partial charge in [0.15, 0.2) is 5.96 Å². The van der Waals surface area contributed by atoms with Gasteiger partial charge in [0.2, 0.25) is 5.91 Å². The van der Waals surface area contributed by atoms with Crippen LogP contribution in [-0.4, -0.2) is 43.4 Å². The lowest BCUT2D eigenvalue weighted by molar-refractivity contribution is -0.121. The Morgan fingerprint density at radius 1 is 1.24 bits per heavy atom. The molecule has 1 amide bonds. The molecule has 0 spiro atoms. The molecule has 25 heavy (non-hydrogen) atoms. The number of hydrogen-bond donors (Lipinski definition) is 2. The summed E-state index contributed by atoms with van der Waals surface area (Å²) < 4.78 is 0. The number of aliphatic imine (C=N–C) groups is 1. The van der Waals surface area contributed by atoms with Crippen molar-refractivity contribution in [1.29, 1.82) is 0 Å². The van der Waals surface area contributed by atoms with E-state index in [-0.39, 0.29) is 29.9 Å². The maximum Gasteiger partial charge on any atom is 0.221 e. The summed E-state index contributed by atoms with van der Waals surface area (Å²) in [7, 11) is 3.78. The molecular weight excluding hydrogens is 427 g/mol. The van der Waals surface area contributed by atoms with E-state index in [2.05, 4.69) is 51.7 Å². The fourth-order valence-corrected chi connectivity index (χ4v) is 3.08. The molecule has 140 valence electrons. The van der Waals surface area contributed by atoms with Crippen molar-refractivity contribution in [3.8, 4) is 0 Å². The average Bonchev–Trinajstić information content (AvgIpc) is 3.06. The normalized spacial score (nSPS) is 14.8. The first-order valence-electron chi connectivity index (χ1n) is 8.85. The van der Waals surface area contributed by atoms with Crippen LogP contribution in [0.4, 0.5) is 0 Å². The van der Waals surface area contributed by atoms with Crippen molar-refractivity contribution in [1.82, 2.24) is 15.5 Å². The summed E-state index contributed by atoms with van der Waals surface area (Å²) in [6, 6.07) is 8.89. The van der Waals surface area contributed by atoms with Gasteiger partial charge in [-0.1, -0.05) is 42.7 Å². The summed E-state index contributed by atoms with van der Waals surface area (Å²) in [5.74, 6) is 0.940. The van der Waals surface area contributed by atoms with Gasteiger partial charge in [-0.2, -0.15) is 0 Å². The fraction of sp³-hybridized carbons (Fsp3) is 0.579. The highest BCUT2D eigenvalue weighted by molar-refractivity contribution is 14.0. The Hall–Kier alpha value is -1.31. The Kier molecular flexibility index (Phi) is 9.85. The van der Waals surface area contributed by atoms with Crippen molar-refractivity contribution in [2.75, 3.05) is 20.6 Å². The van der Waals surface area contributed by atoms with Gasteiger partial charge in [0.05, 0.1) is 0 Å². The molecule has 1 fully saturated rings. The van der Waals surface area contributed by atoms with Crippen molar-refractivity contribution in [3.05, 3.63) is 35.4 Å². The zero-order valence-corrected chi connectivity index (χ0v) is 17.9. The minimum Gasteiger partial charge on any atom is -0.356 e. The lowest BCUT2D eigenvalue weighted by Gasteiger charge is -2.22. The van der Waals surface area contributed by atoms with Gasteiger partial charge in [0.25, 0.3) is 0 Å². The van der Waals surface area contributed by atoms with Gasteiger partial charge in [-0.15, -0.1) is 24.0 Å². The molecule has 1 saturated carbocycles. The van der Waals surface area contributed by atoms with Crippen LogP contribution >= 0.6 is 24.0 Å². The van der Waals surface area contributed by atoms with E-state index >= 15 is 0 Å². The number of carbonyl (C=O) groups excluding carboxylic acids is 1. The molecule has 1 aromatic carbocycles. The zero-order valence-electron chi connectivity index (χ0n) is 15.5. The first-order chi connectivity index (χ1) is 11.6. The van der Waals surface area contributed by atoms with E-state index in [0.29, 0.717) is 19.0 Å². The van der Waals surface area contributed by atoms with Gasteiger partial charge >= 0.3 is 0 Å². The number of nitrogens with zero attached hydrogens (tertiary/aromatic N) is 2. The minimum atomic E-state index is 0. The Bertz CT molecular complexity index is 553. The summed E-state index contributed by atoms with van der Waals surface area (Å²) in [6.45, 7) is 3.47. The second-order valence-corrected chi connectivity index (χ2v) is 6.61. The third-order valence-electron chi connectivity index (χ3n) is 4.47. The SMILES string of the molecule is CN=C(NCCC(=O)NC1CCCC1)N(C)Cc1ccc(C)cc1.I. The van der Waals surface area contributed by atoms with Crippen LogP contribution < -0.4 is 10.6 Å². The van der Waals surface area contributed by atoms with Crippen LogP contribution in [0.3, 0.4) is 0 Å². The summed E-state index contributed by atoms with van der Waals surface area (Å²) in [5.41, 5.74) is 2.50. The van der Waals surface area contributed by atoms with Gasteiger partial charge in [0.1, 0.15) is 0 Å². The van der Waals surface area contributed by atoms with Crippen LogP contribution in [0.1, 0.15) is 43.2 Å². The molecule has 1 aliphatic rings. The highest BCUT2D eigenvalue weighted by atomic mass is 127. The molecule has 0 aromatic heterocycles. The predicted molar refractivity (Wildman–Crippen MR) is 114 cm³/mol. The lowest BCUT2D eigenvalue weighted by atomic mass is 10.1. The number of aryl methyl sites for hydroxylation is 1. The second-order valence-electron chi connectivity index (χ2n) is 6.61. The molecule has 0 aliphatic heterocycles. The van der Waals surface area contributed by atoms with Crippen molar-refractivity contribution < 1.29 is 4.79 Å². The van der Waals surface area contributed by atoms with E-state index in [0.717, 1.165) is 25.3 Å². The summed E-state index contributed by atoms with van der Waals surface area (Å²) in [4.78, 5) is 18.3. The minimum absolute atomic E-state index is 0. The van der Waals surface area contributed by atoms with Crippen LogP contribution in [0, 0.1) is 6.92 Å². The number of amides is 1. The van der Waals surface area contributed by atoms with E-state index < -0.39 is 0 Å². The number of nitrogens with one attached hydrogen (secondary N) is 2. The molecule has 2 N–H and O–H groups in total. The highest BCUT2D eigenvalue weighted by Crippen LogP contribution is 2.17. The first kappa shape index (κ1) is 21.7. The Morgan fingerprint density at radius 3 is 2.48 bits per heavy atom. The average molecular weight is 458 g/mol. The summed E-state index contributed by atoms with van der Waals surface area (Å²) in [5, 5.41) is 6.38. The molecule has 0 unspecified atom stereocenters. The molecule has 1 aliphatic carbocycles. The van der Waals surface area contributed by atoms with Gasteiger partial charge in [-0.05, 0) is 25.3 Å². The molecule has 1 aromatic rings. The van der Waals surface area contributed by atoms with Gasteiger partial charge in [-0.3, -0.25) is 9.79 Å². The highest BCUT2D eigenvalue weighted by Gasteiger charge is 2.16. The number of benzene rings is 1. The Balaban J connectivity index is 0.00000312. The van der Waals surface area contributed by atoms with Crippen LogP contribution in [0.15, 0.2) is 29.3 Å².